The maximum absolute atomic E-state index is 13.6. The van der Waals surface area contributed by atoms with Gasteiger partial charge in [0.1, 0.15) is 29.5 Å². The molecule has 1 aromatic heterocycles. The first-order valence-electron chi connectivity index (χ1n) is 8.66. The minimum Gasteiger partial charge on any atom is -0.489 e. The summed E-state index contributed by atoms with van der Waals surface area (Å²) < 4.78 is 24.5. The summed E-state index contributed by atoms with van der Waals surface area (Å²) in [5.41, 5.74) is 1.92. The number of hydrogen-bond acceptors (Lipinski definition) is 4. The molecule has 0 radical (unpaired) electrons. The summed E-state index contributed by atoms with van der Waals surface area (Å²) in [6.45, 7) is 1.87. The number of fused-ring (bicyclic) bond motifs is 1. The number of benzene rings is 2. The van der Waals surface area contributed by atoms with E-state index in [2.05, 4.69) is 4.98 Å². The first-order valence-corrected chi connectivity index (χ1v) is 8.66. The Morgan fingerprint density at radius 2 is 1.86 bits per heavy atom. The second-order valence-electron chi connectivity index (χ2n) is 6.42. The minimum atomic E-state index is -0.660. The van der Waals surface area contributed by atoms with Crippen LogP contribution in [0.4, 0.5) is 4.39 Å². The summed E-state index contributed by atoms with van der Waals surface area (Å²) >= 11 is 0. The van der Waals surface area contributed by atoms with Crippen molar-refractivity contribution in [3.63, 3.8) is 0 Å². The molecule has 0 spiro atoms. The van der Waals surface area contributed by atoms with E-state index < -0.39 is 11.5 Å². The Balaban J connectivity index is 1.54. The number of ether oxygens (including phenoxy) is 2. The maximum atomic E-state index is 13.6. The van der Waals surface area contributed by atoms with Crippen LogP contribution in [-0.4, -0.2) is 11.0 Å². The average molecular weight is 377 g/mol. The molecule has 0 aliphatic carbocycles. The molecule has 5 nitrogen and oxygen atoms in total. The quantitative estimate of drug-likeness (QED) is 0.696. The number of halogens is 1. The van der Waals surface area contributed by atoms with Gasteiger partial charge in [0.2, 0.25) is 0 Å². The molecule has 4 rings (SSSR count). The second kappa shape index (κ2) is 7.15. The number of esters is 1. The molecule has 2 aromatic carbocycles. The van der Waals surface area contributed by atoms with Crippen molar-refractivity contribution in [2.45, 2.75) is 13.5 Å². The Hall–Kier alpha value is -3.67. The van der Waals surface area contributed by atoms with Crippen molar-refractivity contribution in [1.82, 2.24) is 4.98 Å². The molecule has 0 fully saturated rings. The molecular weight excluding hydrogens is 361 g/mol. The van der Waals surface area contributed by atoms with Crippen LogP contribution in [0.5, 0.6) is 5.75 Å². The summed E-state index contributed by atoms with van der Waals surface area (Å²) in [4.78, 5) is 26.5. The SMILES string of the molecule is Cc1cc2c(c(=O)[nH]1)C(=O)O/C2=C/c1ccc(OCc2ccccc2F)cc1. The van der Waals surface area contributed by atoms with Gasteiger partial charge in [-0.2, -0.15) is 0 Å². The Bertz CT molecular complexity index is 1150. The highest BCUT2D eigenvalue weighted by Gasteiger charge is 2.29. The second-order valence-corrected chi connectivity index (χ2v) is 6.42. The largest absolute Gasteiger partial charge is 0.489 e. The van der Waals surface area contributed by atoms with E-state index in [9.17, 15) is 14.0 Å². The number of rotatable bonds is 4. The lowest BCUT2D eigenvalue weighted by Gasteiger charge is -2.07. The standard InChI is InChI=1S/C22H16FNO4/c1-13-10-17-19(28-22(26)20(17)21(25)24-13)11-14-6-8-16(9-7-14)27-12-15-4-2-3-5-18(15)23/h2-11H,12H2,1H3,(H,24,25)/b19-11+. The Kier molecular flexibility index (Phi) is 4.53. The van der Waals surface area contributed by atoms with Gasteiger partial charge in [-0.15, -0.1) is 0 Å². The number of aromatic amines is 1. The van der Waals surface area contributed by atoms with E-state index in [4.69, 9.17) is 9.47 Å². The fraction of sp³-hybridized carbons (Fsp3) is 0.0909. The van der Waals surface area contributed by atoms with E-state index in [1.165, 1.54) is 6.07 Å². The number of carbonyl (C=O) groups is 1. The van der Waals surface area contributed by atoms with Gasteiger partial charge in [0.15, 0.2) is 0 Å². The summed E-state index contributed by atoms with van der Waals surface area (Å²) in [7, 11) is 0. The van der Waals surface area contributed by atoms with Crippen molar-refractivity contribution >= 4 is 17.8 Å². The van der Waals surface area contributed by atoms with Crippen LogP contribution in [0.25, 0.3) is 11.8 Å². The van der Waals surface area contributed by atoms with Crippen LogP contribution in [0.1, 0.15) is 32.7 Å². The molecule has 0 bridgehead atoms. The summed E-state index contributed by atoms with van der Waals surface area (Å²) in [5, 5.41) is 0. The van der Waals surface area contributed by atoms with Crippen molar-refractivity contribution in [3.05, 3.63) is 98.7 Å². The first kappa shape index (κ1) is 17.7. The molecule has 0 saturated heterocycles. The number of H-pyrrole nitrogens is 1. The van der Waals surface area contributed by atoms with E-state index in [1.54, 1.807) is 61.5 Å². The van der Waals surface area contributed by atoms with Gasteiger partial charge in [-0.3, -0.25) is 4.79 Å². The third kappa shape index (κ3) is 3.44. The number of pyridine rings is 1. The third-order valence-electron chi connectivity index (χ3n) is 4.37. The number of hydrogen-bond donors (Lipinski definition) is 1. The summed E-state index contributed by atoms with van der Waals surface area (Å²) in [6.07, 6.45) is 1.68. The average Bonchev–Trinajstić information content (AvgIpc) is 2.97. The van der Waals surface area contributed by atoms with Crippen molar-refractivity contribution in [3.8, 4) is 5.75 Å². The van der Waals surface area contributed by atoms with Crippen molar-refractivity contribution < 1.29 is 18.7 Å². The third-order valence-corrected chi connectivity index (χ3v) is 4.37. The van der Waals surface area contributed by atoms with E-state index in [-0.39, 0.29) is 18.0 Å². The van der Waals surface area contributed by atoms with Crippen LogP contribution < -0.4 is 10.3 Å². The van der Waals surface area contributed by atoms with Gasteiger partial charge >= 0.3 is 5.97 Å². The monoisotopic (exact) mass is 377 g/mol. The van der Waals surface area contributed by atoms with Gasteiger partial charge in [0.25, 0.3) is 5.56 Å². The minimum absolute atomic E-state index is 0.0155. The van der Waals surface area contributed by atoms with Crippen LogP contribution in [-0.2, 0) is 11.3 Å². The van der Waals surface area contributed by atoms with Gasteiger partial charge in [0, 0.05) is 16.8 Å². The molecule has 1 aliphatic rings. The fourth-order valence-corrected chi connectivity index (χ4v) is 2.99. The molecule has 140 valence electrons. The lowest BCUT2D eigenvalue weighted by molar-refractivity contribution is 0.0715. The van der Waals surface area contributed by atoms with Gasteiger partial charge in [-0.1, -0.05) is 30.3 Å². The molecule has 3 aromatic rings. The molecule has 0 amide bonds. The van der Waals surface area contributed by atoms with Gasteiger partial charge in [-0.25, -0.2) is 9.18 Å². The lowest BCUT2D eigenvalue weighted by Crippen LogP contribution is -2.16. The van der Waals surface area contributed by atoms with Crippen LogP contribution in [0.2, 0.25) is 0 Å². The molecule has 1 N–H and O–H groups in total. The normalized spacial score (nSPS) is 14.1. The van der Waals surface area contributed by atoms with E-state index >= 15 is 0 Å². The zero-order chi connectivity index (χ0) is 19.7. The Morgan fingerprint density at radius 3 is 2.61 bits per heavy atom. The highest BCUT2D eigenvalue weighted by molar-refractivity contribution is 6.05. The van der Waals surface area contributed by atoms with Crippen molar-refractivity contribution in [1.29, 1.82) is 0 Å². The van der Waals surface area contributed by atoms with E-state index in [1.807, 2.05) is 0 Å². The molecule has 2 heterocycles. The van der Waals surface area contributed by atoms with Gasteiger partial charge < -0.3 is 14.5 Å². The molecule has 6 heteroatoms. The molecule has 0 unspecified atom stereocenters. The maximum Gasteiger partial charge on any atom is 0.349 e. The summed E-state index contributed by atoms with van der Waals surface area (Å²) in [5.74, 6) is -0.0566. The molecular formula is C22H16FNO4. The predicted molar refractivity (Wildman–Crippen MR) is 102 cm³/mol. The zero-order valence-electron chi connectivity index (χ0n) is 15.0. The van der Waals surface area contributed by atoms with E-state index in [0.29, 0.717) is 28.3 Å². The van der Waals surface area contributed by atoms with Crippen LogP contribution >= 0.6 is 0 Å². The van der Waals surface area contributed by atoms with Crippen molar-refractivity contribution in [2.24, 2.45) is 0 Å². The van der Waals surface area contributed by atoms with Crippen LogP contribution in [0.15, 0.2) is 59.4 Å². The number of cyclic esters (lactones) is 1. The molecule has 28 heavy (non-hydrogen) atoms. The number of nitrogens with one attached hydrogen (secondary N) is 1. The van der Waals surface area contributed by atoms with Crippen LogP contribution in [0.3, 0.4) is 0 Å². The number of aromatic nitrogens is 1. The lowest BCUT2D eigenvalue weighted by atomic mass is 10.1. The van der Waals surface area contributed by atoms with Crippen molar-refractivity contribution in [2.75, 3.05) is 0 Å². The topological polar surface area (TPSA) is 68.4 Å². The molecule has 0 atom stereocenters. The number of carbonyl (C=O) groups excluding carboxylic acids is 1. The Morgan fingerprint density at radius 1 is 1.11 bits per heavy atom. The first-order chi connectivity index (χ1) is 13.5. The van der Waals surface area contributed by atoms with E-state index in [0.717, 1.165) is 5.56 Å². The van der Waals surface area contributed by atoms with Gasteiger partial charge in [0.05, 0.1) is 0 Å². The number of aryl methyl sites for hydroxylation is 1. The predicted octanol–water partition coefficient (Wildman–Crippen LogP) is 4.07. The highest BCUT2D eigenvalue weighted by atomic mass is 19.1. The zero-order valence-corrected chi connectivity index (χ0v) is 15.0. The van der Waals surface area contributed by atoms with Gasteiger partial charge in [-0.05, 0) is 42.8 Å². The fourth-order valence-electron chi connectivity index (χ4n) is 2.99. The Labute approximate surface area is 160 Å². The summed E-state index contributed by atoms with van der Waals surface area (Å²) in [6, 6.07) is 15.2. The highest BCUT2D eigenvalue weighted by Crippen LogP contribution is 2.30. The smallest absolute Gasteiger partial charge is 0.349 e. The van der Waals surface area contributed by atoms with Crippen LogP contribution in [0, 0.1) is 12.7 Å². The molecule has 0 saturated carbocycles. The molecule has 1 aliphatic heterocycles.